The number of nitrogens with one attached hydrogen (secondary N) is 1. The van der Waals surface area contributed by atoms with E-state index in [1.165, 1.54) is 0 Å². The number of nitrogens with two attached hydrogens (primary N) is 1. The Labute approximate surface area is 81.0 Å². The molecule has 0 radical (unpaired) electrons. The molecule has 2 rings (SSSR count). The molecule has 2 aromatic rings. The summed E-state index contributed by atoms with van der Waals surface area (Å²) in [6.45, 7) is 0. The Kier molecular flexibility index (Phi) is 2.06. The van der Waals surface area contributed by atoms with Gasteiger partial charge >= 0.3 is 0 Å². The summed E-state index contributed by atoms with van der Waals surface area (Å²) in [7, 11) is 1.74. The molecule has 0 bridgehead atoms. The minimum atomic E-state index is 0.413. The summed E-state index contributed by atoms with van der Waals surface area (Å²) in [5, 5.41) is 2.83. The average Bonchev–Trinajstić information content (AvgIpc) is 2.69. The van der Waals surface area contributed by atoms with Crippen molar-refractivity contribution in [1.29, 1.82) is 0 Å². The van der Waals surface area contributed by atoms with Gasteiger partial charge in [-0.15, -0.1) is 0 Å². The van der Waals surface area contributed by atoms with Crippen molar-refractivity contribution < 1.29 is 4.42 Å². The summed E-state index contributed by atoms with van der Waals surface area (Å²) in [5.74, 6) is 1.57. The molecule has 0 aliphatic heterocycles. The second-order valence-electron chi connectivity index (χ2n) is 2.73. The van der Waals surface area contributed by atoms with Gasteiger partial charge in [0, 0.05) is 13.1 Å². The zero-order chi connectivity index (χ0) is 9.97. The fraction of sp³-hybridized carbons (Fsp3) is 0.111. The van der Waals surface area contributed by atoms with Crippen molar-refractivity contribution in [1.82, 2.24) is 9.97 Å². The van der Waals surface area contributed by atoms with Crippen LogP contribution in [-0.2, 0) is 0 Å². The molecule has 2 heterocycles. The lowest BCUT2D eigenvalue weighted by Crippen LogP contribution is -2.00. The normalized spacial score (nSPS) is 10.1. The van der Waals surface area contributed by atoms with Crippen LogP contribution in [0.1, 0.15) is 0 Å². The highest BCUT2D eigenvalue weighted by molar-refractivity contribution is 5.58. The molecule has 0 aliphatic carbocycles. The smallest absolute Gasteiger partial charge is 0.225 e. The molecule has 14 heavy (non-hydrogen) atoms. The number of aromatic nitrogens is 2. The van der Waals surface area contributed by atoms with Crippen molar-refractivity contribution in [2.24, 2.45) is 0 Å². The molecule has 0 aliphatic rings. The summed E-state index contributed by atoms with van der Waals surface area (Å²) in [6, 6.07) is 5.29. The lowest BCUT2D eigenvalue weighted by atomic mass is 10.3. The first kappa shape index (κ1) is 8.55. The van der Waals surface area contributed by atoms with E-state index in [-0.39, 0.29) is 0 Å². The van der Waals surface area contributed by atoms with Crippen LogP contribution < -0.4 is 11.1 Å². The van der Waals surface area contributed by atoms with E-state index in [0.29, 0.717) is 23.2 Å². The number of anilines is 2. The van der Waals surface area contributed by atoms with Crippen LogP contribution in [-0.4, -0.2) is 17.0 Å². The van der Waals surface area contributed by atoms with Crippen LogP contribution in [0.3, 0.4) is 0 Å². The molecule has 5 nitrogen and oxygen atoms in total. The summed E-state index contributed by atoms with van der Waals surface area (Å²) in [4.78, 5) is 8.17. The van der Waals surface area contributed by atoms with Gasteiger partial charge in [-0.3, -0.25) is 0 Å². The van der Waals surface area contributed by atoms with Gasteiger partial charge in [0.15, 0.2) is 5.76 Å². The van der Waals surface area contributed by atoms with Gasteiger partial charge in [-0.25, -0.2) is 4.98 Å². The van der Waals surface area contributed by atoms with Gasteiger partial charge < -0.3 is 15.5 Å². The minimum absolute atomic E-state index is 0.413. The highest BCUT2D eigenvalue weighted by atomic mass is 16.3. The first-order chi connectivity index (χ1) is 6.79. The van der Waals surface area contributed by atoms with Gasteiger partial charge in [-0.05, 0) is 12.1 Å². The standard InChI is InChI=1S/C9H10N4O/c1-11-9-12-6(5-8(10)13-9)7-3-2-4-14-7/h2-5H,1H3,(H3,10,11,12,13). The number of nitrogens with zero attached hydrogens (tertiary/aromatic N) is 2. The maximum Gasteiger partial charge on any atom is 0.225 e. The van der Waals surface area contributed by atoms with Crippen molar-refractivity contribution in [2.75, 3.05) is 18.1 Å². The summed E-state index contributed by atoms with van der Waals surface area (Å²) < 4.78 is 5.20. The van der Waals surface area contributed by atoms with E-state index >= 15 is 0 Å². The molecular formula is C9H10N4O. The van der Waals surface area contributed by atoms with E-state index in [0.717, 1.165) is 0 Å². The third-order valence-electron chi connectivity index (χ3n) is 1.74. The van der Waals surface area contributed by atoms with Crippen LogP contribution in [0, 0.1) is 0 Å². The second kappa shape index (κ2) is 3.37. The van der Waals surface area contributed by atoms with Crippen LogP contribution in [0.15, 0.2) is 28.9 Å². The van der Waals surface area contributed by atoms with E-state index in [1.807, 2.05) is 6.07 Å². The Balaban J connectivity index is 2.48. The molecular weight excluding hydrogens is 180 g/mol. The molecule has 3 N–H and O–H groups in total. The van der Waals surface area contributed by atoms with Crippen LogP contribution in [0.5, 0.6) is 0 Å². The lowest BCUT2D eigenvalue weighted by molar-refractivity contribution is 0.580. The Hall–Kier alpha value is -2.04. The molecule has 0 atom stereocenters. The SMILES string of the molecule is CNc1nc(N)cc(-c2ccco2)n1. The largest absolute Gasteiger partial charge is 0.463 e. The summed E-state index contributed by atoms with van der Waals surface area (Å²) >= 11 is 0. The molecule has 0 spiro atoms. The van der Waals surface area contributed by atoms with Gasteiger partial charge in [0.1, 0.15) is 11.5 Å². The van der Waals surface area contributed by atoms with Crippen LogP contribution in [0.4, 0.5) is 11.8 Å². The molecule has 72 valence electrons. The molecule has 0 saturated carbocycles. The van der Waals surface area contributed by atoms with Crippen LogP contribution in [0.25, 0.3) is 11.5 Å². The van der Waals surface area contributed by atoms with E-state index in [1.54, 1.807) is 25.4 Å². The van der Waals surface area contributed by atoms with Gasteiger partial charge in [0.2, 0.25) is 5.95 Å². The lowest BCUT2D eigenvalue weighted by Gasteiger charge is -2.02. The van der Waals surface area contributed by atoms with Gasteiger partial charge in [-0.2, -0.15) is 4.98 Å². The summed E-state index contributed by atoms with van der Waals surface area (Å²) in [6.07, 6.45) is 1.59. The zero-order valence-corrected chi connectivity index (χ0v) is 7.69. The van der Waals surface area contributed by atoms with Crippen LogP contribution >= 0.6 is 0 Å². The molecule has 0 amide bonds. The predicted octanol–water partition coefficient (Wildman–Crippen LogP) is 1.36. The van der Waals surface area contributed by atoms with Crippen molar-refractivity contribution in [3.8, 4) is 11.5 Å². The number of hydrogen-bond donors (Lipinski definition) is 2. The Morgan fingerprint density at radius 2 is 2.29 bits per heavy atom. The third-order valence-corrected chi connectivity index (χ3v) is 1.74. The highest BCUT2D eigenvalue weighted by Gasteiger charge is 2.05. The van der Waals surface area contributed by atoms with Crippen molar-refractivity contribution in [3.05, 3.63) is 24.5 Å². The van der Waals surface area contributed by atoms with Gasteiger partial charge in [0.05, 0.1) is 6.26 Å². The Bertz CT molecular complexity index is 424. The molecule has 0 fully saturated rings. The summed E-state index contributed by atoms with van der Waals surface area (Å²) in [5.41, 5.74) is 6.28. The predicted molar refractivity (Wildman–Crippen MR) is 53.7 cm³/mol. The zero-order valence-electron chi connectivity index (χ0n) is 7.69. The fourth-order valence-electron chi connectivity index (χ4n) is 1.13. The number of hydrogen-bond acceptors (Lipinski definition) is 5. The highest BCUT2D eigenvalue weighted by Crippen LogP contribution is 2.20. The van der Waals surface area contributed by atoms with E-state index in [9.17, 15) is 0 Å². The van der Waals surface area contributed by atoms with Crippen molar-refractivity contribution >= 4 is 11.8 Å². The monoisotopic (exact) mass is 190 g/mol. The van der Waals surface area contributed by atoms with E-state index in [4.69, 9.17) is 10.2 Å². The average molecular weight is 190 g/mol. The fourth-order valence-corrected chi connectivity index (χ4v) is 1.13. The van der Waals surface area contributed by atoms with Crippen molar-refractivity contribution in [2.45, 2.75) is 0 Å². The maximum atomic E-state index is 5.61. The molecule has 0 unspecified atom stereocenters. The first-order valence-corrected chi connectivity index (χ1v) is 4.16. The molecule has 5 heteroatoms. The number of rotatable bonds is 2. The van der Waals surface area contributed by atoms with Gasteiger partial charge in [-0.1, -0.05) is 0 Å². The third kappa shape index (κ3) is 1.52. The topological polar surface area (TPSA) is 77.0 Å². The quantitative estimate of drug-likeness (QED) is 0.747. The maximum absolute atomic E-state index is 5.61. The number of furan rings is 1. The Morgan fingerprint density at radius 3 is 2.93 bits per heavy atom. The number of nitrogen functional groups attached to an aromatic ring is 1. The minimum Gasteiger partial charge on any atom is -0.463 e. The van der Waals surface area contributed by atoms with E-state index < -0.39 is 0 Å². The van der Waals surface area contributed by atoms with Crippen LogP contribution in [0.2, 0.25) is 0 Å². The second-order valence-corrected chi connectivity index (χ2v) is 2.73. The van der Waals surface area contributed by atoms with Crippen molar-refractivity contribution in [3.63, 3.8) is 0 Å². The molecule has 0 saturated heterocycles. The molecule has 0 aromatic carbocycles. The molecule has 2 aromatic heterocycles. The first-order valence-electron chi connectivity index (χ1n) is 4.16. The Morgan fingerprint density at radius 1 is 1.43 bits per heavy atom. The van der Waals surface area contributed by atoms with E-state index in [2.05, 4.69) is 15.3 Å². The van der Waals surface area contributed by atoms with Gasteiger partial charge in [0.25, 0.3) is 0 Å².